The molecule has 0 bridgehead atoms. The maximum Gasteiger partial charge on any atom is 0.312 e. The minimum absolute atomic E-state index is 0.0755. The smallest absolute Gasteiger partial charge is 0.312 e. The van der Waals surface area contributed by atoms with E-state index < -0.39 is 29.7 Å². The van der Waals surface area contributed by atoms with E-state index in [1.165, 1.54) is 10.9 Å². The Kier molecular flexibility index (Phi) is 2.37. The average Bonchev–Trinajstić information content (AvgIpc) is 2.97. The molecule has 0 radical (unpaired) electrons. The third-order valence-corrected chi connectivity index (χ3v) is 4.89. The Hall–Kier alpha value is -1.84. The molecule has 9 heteroatoms. The Bertz CT molecular complexity index is 737. The number of hydrogen-bond donors (Lipinski definition) is 4. The number of nitrogen functional groups attached to an aromatic ring is 1. The molecule has 0 amide bonds. The average molecular weight is 295 g/mol. The number of aliphatic hydroxyl groups is 3. The molecule has 2 aliphatic carbocycles. The van der Waals surface area contributed by atoms with Gasteiger partial charge >= 0.3 is 6.08 Å². The first-order chi connectivity index (χ1) is 9.99. The highest BCUT2D eigenvalue weighted by atomic mass is 19.1. The Morgan fingerprint density at radius 3 is 2.86 bits per heavy atom. The molecule has 5 atom stereocenters. The number of rotatable bonds is 2. The molecule has 2 fully saturated rings. The van der Waals surface area contributed by atoms with E-state index in [1.807, 2.05) is 0 Å². The highest BCUT2D eigenvalue weighted by Gasteiger charge is 2.71. The summed E-state index contributed by atoms with van der Waals surface area (Å²) >= 11 is 0. The number of aliphatic hydroxyl groups excluding tert-OH is 3. The van der Waals surface area contributed by atoms with E-state index >= 15 is 0 Å². The second-order valence-corrected chi connectivity index (χ2v) is 5.83. The predicted octanol–water partition coefficient (Wildman–Crippen LogP) is -1.18. The largest absolute Gasteiger partial charge is 0.396 e. The maximum atomic E-state index is 13.4. The topological polar surface area (TPSA) is 130 Å². The molecule has 2 aromatic rings. The molecule has 2 aliphatic rings. The van der Waals surface area contributed by atoms with Gasteiger partial charge < -0.3 is 25.6 Å². The molecule has 0 saturated heterocycles. The van der Waals surface area contributed by atoms with E-state index in [9.17, 15) is 19.7 Å². The quantitative estimate of drug-likeness (QED) is 0.513. The van der Waals surface area contributed by atoms with Crippen molar-refractivity contribution in [1.82, 2.24) is 19.5 Å². The van der Waals surface area contributed by atoms with Gasteiger partial charge in [0, 0.05) is 5.41 Å². The Morgan fingerprint density at radius 2 is 2.19 bits per heavy atom. The van der Waals surface area contributed by atoms with Crippen molar-refractivity contribution in [2.24, 2.45) is 11.3 Å². The van der Waals surface area contributed by atoms with Crippen LogP contribution >= 0.6 is 0 Å². The molecule has 2 saturated carbocycles. The molecule has 112 valence electrons. The number of fused-ring (bicyclic) bond motifs is 2. The predicted molar refractivity (Wildman–Crippen MR) is 68.4 cm³/mol. The van der Waals surface area contributed by atoms with Gasteiger partial charge in [-0.05, 0) is 12.3 Å². The molecule has 21 heavy (non-hydrogen) atoms. The van der Waals surface area contributed by atoms with Crippen molar-refractivity contribution in [3.8, 4) is 0 Å². The lowest BCUT2D eigenvalue weighted by Crippen LogP contribution is -2.35. The molecular formula is C12H14FN5O3. The van der Waals surface area contributed by atoms with Crippen LogP contribution in [0.2, 0.25) is 0 Å². The maximum absolute atomic E-state index is 13.4. The van der Waals surface area contributed by atoms with E-state index in [1.54, 1.807) is 0 Å². The van der Waals surface area contributed by atoms with E-state index in [0.29, 0.717) is 6.42 Å². The van der Waals surface area contributed by atoms with Crippen LogP contribution in [0.3, 0.4) is 0 Å². The first-order valence-electron chi connectivity index (χ1n) is 6.62. The first kappa shape index (κ1) is 12.9. The molecular weight excluding hydrogens is 281 g/mol. The summed E-state index contributed by atoms with van der Waals surface area (Å²) in [6, 6.07) is -0.522. The number of halogens is 1. The van der Waals surface area contributed by atoms with Gasteiger partial charge in [-0.25, -0.2) is 4.98 Å². The molecule has 0 spiro atoms. The minimum atomic E-state index is -1.08. The molecule has 2 heterocycles. The first-order valence-corrected chi connectivity index (χ1v) is 6.62. The summed E-state index contributed by atoms with van der Waals surface area (Å²) in [5, 5.41) is 29.9. The second kappa shape index (κ2) is 3.87. The van der Waals surface area contributed by atoms with Gasteiger partial charge in [0.05, 0.1) is 25.1 Å². The lowest BCUT2D eigenvalue weighted by Gasteiger charge is -2.23. The lowest BCUT2D eigenvalue weighted by atomic mass is 10.0. The fourth-order valence-electron chi connectivity index (χ4n) is 3.68. The fraction of sp³-hybridized carbons (Fsp3) is 0.583. The van der Waals surface area contributed by atoms with E-state index in [4.69, 9.17) is 5.73 Å². The van der Waals surface area contributed by atoms with Crippen LogP contribution in [0.1, 0.15) is 12.5 Å². The summed E-state index contributed by atoms with van der Waals surface area (Å²) in [5.74, 6) is -0.183. The van der Waals surface area contributed by atoms with Crippen LogP contribution in [0.15, 0.2) is 6.33 Å². The summed E-state index contributed by atoms with van der Waals surface area (Å²) < 4.78 is 14.9. The molecule has 2 aromatic heterocycles. The zero-order chi connectivity index (χ0) is 14.9. The van der Waals surface area contributed by atoms with Gasteiger partial charge in [0.25, 0.3) is 0 Å². The number of nitrogens with two attached hydrogens (primary N) is 1. The van der Waals surface area contributed by atoms with Crippen LogP contribution in [-0.4, -0.2) is 53.7 Å². The summed E-state index contributed by atoms with van der Waals surface area (Å²) in [5.41, 5.74) is 5.35. The van der Waals surface area contributed by atoms with Crippen LogP contribution in [0.25, 0.3) is 11.2 Å². The van der Waals surface area contributed by atoms with Crippen molar-refractivity contribution in [1.29, 1.82) is 0 Å². The summed E-state index contributed by atoms with van der Waals surface area (Å²) in [6.07, 6.45) is -1.08. The van der Waals surface area contributed by atoms with Crippen molar-refractivity contribution in [3.05, 3.63) is 12.4 Å². The highest BCUT2D eigenvalue weighted by Crippen LogP contribution is 2.67. The van der Waals surface area contributed by atoms with Gasteiger partial charge in [-0.2, -0.15) is 14.4 Å². The number of anilines is 1. The van der Waals surface area contributed by atoms with Crippen molar-refractivity contribution in [2.75, 3.05) is 12.3 Å². The van der Waals surface area contributed by atoms with Crippen LogP contribution in [0.4, 0.5) is 10.2 Å². The summed E-state index contributed by atoms with van der Waals surface area (Å²) in [4.78, 5) is 11.2. The summed E-state index contributed by atoms with van der Waals surface area (Å²) in [7, 11) is 0. The van der Waals surface area contributed by atoms with Crippen LogP contribution < -0.4 is 5.73 Å². The van der Waals surface area contributed by atoms with Gasteiger partial charge in [0.1, 0.15) is 11.6 Å². The summed E-state index contributed by atoms with van der Waals surface area (Å²) in [6.45, 7) is -0.204. The van der Waals surface area contributed by atoms with Crippen molar-refractivity contribution in [3.63, 3.8) is 0 Å². The highest BCUT2D eigenvalue weighted by molar-refractivity contribution is 5.81. The van der Waals surface area contributed by atoms with Crippen molar-refractivity contribution >= 4 is 17.0 Å². The number of aromatic nitrogens is 4. The number of hydrogen-bond acceptors (Lipinski definition) is 7. The fourth-order valence-corrected chi connectivity index (χ4v) is 3.68. The number of nitrogens with zero attached hydrogens (tertiary/aromatic N) is 4. The van der Waals surface area contributed by atoms with Crippen molar-refractivity contribution in [2.45, 2.75) is 24.7 Å². The zero-order valence-corrected chi connectivity index (χ0v) is 10.9. The molecule has 5 unspecified atom stereocenters. The Balaban J connectivity index is 1.85. The standard InChI is InChI=1S/C12H14FN5O3/c13-11-16-9(14)5-10(17-11)18(3-15-5)6-4-1-12(4,2-19)8(21)7(6)20/h3-4,6-8,19-21H,1-2H2,(H2,14,16,17). The van der Waals surface area contributed by atoms with Crippen molar-refractivity contribution < 1.29 is 19.7 Å². The second-order valence-electron chi connectivity index (χ2n) is 5.83. The van der Waals surface area contributed by atoms with Gasteiger partial charge in [-0.3, -0.25) is 0 Å². The zero-order valence-electron chi connectivity index (χ0n) is 10.9. The third kappa shape index (κ3) is 1.45. The molecule has 5 N–H and O–H groups in total. The normalized spacial score (nSPS) is 37.9. The Labute approximate surface area is 118 Å². The van der Waals surface area contributed by atoms with Gasteiger partial charge in [-0.15, -0.1) is 0 Å². The third-order valence-electron chi connectivity index (χ3n) is 4.89. The van der Waals surface area contributed by atoms with E-state index in [2.05, 4.69) is 15.0 Å². The van der Waals surface area contributed by atoms with E-state index in [-0.39, 0.29) is 29.5 Å². The molecule has 4 rings (SSSR count). The SMILES string of the molecule is Nc1nc(F)nc2c1ncn2C1C(O)C(O)C2(CO)CC12. The van der Waals surface area contributed by atoms with Crippen LogP contribution in [0.5, 0.6) is 0 Å². The molecule has 8 nitrogen and oxygen atoms in total. The van der Waals surface area contributed by atoms with Crippen LogP contribution in [-0.2, 0) is 0 Å². The van der Waals surface area contributed by atoms with Gasteiger partial charge in [-0.1, -0.05) is 0 Å². The van der Waals surface area contributed by atoms with Gasteiger partial charge in [0.2, 0.25) is 0 Å². The molecule has 0 aromatic carbocycles. The van der Waals surface area contributed by atoms with Gasteiger partial charge in [0.15, 0.2) is 11.5 Å². The number of imidazole rings is 1. The molecule has 0 aliphatic heterocycles. The lowest BCUT2D eigenvalue weighted by molar-refractivity contribution is -0.0300. The monoisotopic (exact) mass is 295 g/mol. The van der Waals surface area contributed by atoms with E-state index in [0.717, 1.165) is 0 Å². The van der Waals surface area contributed by atoms with Crippen LogP contribution in [0, 0.1) is 17.4 Å². The Morgan fingerprint density at radius 1 is 1.43 bits per heavy atom. The minimum Gasteiger partial charge on any atom is -0.396 e.